The van der Waals surface area contributed by atoms with Crippen LogP contribution in [0.5, 0.6) is 0 Å². The van der Waals surface area contributed by atoms with Gasteiger partial charge < -0.3 is 5.11 Å². The summed E-state index contributed by atoms with van der Waals surface area (Å²) in [6.45, 7) is 1.93. The molecule has 0 aromatic heterocycles. The van der Waals surface area contributed by atoms with Crippen LogP contribution in [0.2, 0.25) is 5.02 Å². The number of Topliss-reactive ketones (excluding diaryl/α,β-unsaturated/α-hetero) is 1. The number of aryl methyl sites for hydroxylation is 1. The molecule has 3 rings (SSSR count). The van der Waals surface area contributed by atoms with Crippen LogP contribution in [0.25, 0.3) is 16.7 Å². The topological polar surface area (TPSA) is 37.3 Å². The van der Waals surface area contributed by atoms with Crippen molar-refractivity contribution in [3.63, 3.8) is 0 Å². The number of aliphatic hydroxyl groups is 1. The zero-order chi connectivity index (χ0) is 17.3. The Bertz CT molecular complexity index is 870. The third kappa shape index (κ3) is 2.96. The zero-order valence-electron chi connectivity index (χ0n) is 13.3. The molecule has 0 amide bonds. The van der Waals surface area contributed by atoms with Gasteiger partial charge in [-0.1, -0.05) is 35.9 Å². The molecule has 120 valence electrons. The normalized spacial score (nSPS) is 17.2. The molecule has 0 bridgehead atoms. The summed E-state index contributed by atoms with van der Waals surface area (Å²) in [5.74, 6) is 2.33. The molecule has 0 saturated carbocycles. The highest BCUT2D eigenvalue weighted by atomic mass is 35.5. The van der Waals surface area contributed by atoms with Gasteiger partial charge in [-0.15, -0.1) is 12.3 Å². The Morgan fingerprint density at radius 2 is 1.88 bits per heavy atom. The standard InChI is InChI=1S/C21H17ClO2/c1-3-4-16-12-19(23)20(21(16)24)18-11-15(6-5-13(18)2)14-7-9-17(22)10-8-14/h1,5-11,16,24H,4,12H2,2H3. The lowest BCUT2D eigenvalue weighted by molar-refractivity contribution is -0.113. The minimum Gasteiger partial charge on any atom is -0.511 e. The van der Waals surface area contributed by atoms with Gasteiger partial charge in [-0.05, 0) is 47.4 Å². The Labute approximate surface area is 146 Å². The maximum atomic E-state index is 12.4. The third-order valence-electron chi connectivity index (χ3n) is 4.40. The molecule has 0 saturated heterocycles. The van der Waals surface area contributed by atoms with E-state index in [2.05, 4.69) is 5.92 Å². The minimum atomic E-state index is -0.268. The van der Waals surface area contributed by atoms with E-state index in [4.69, 9.17) is 18.0 Å². The first kappa shape index (κ1) is 16.4. The summed E-state index contributed by atoms with van der Waals surface area (Å²) >= 11 is 5.94. The van der Waals surface area contributed by atoms with Crippen molar-refractivity contribution in [3.05, 3.63) is 64.4 Å². The molecule has 0 radical (unpaired) electrons. The molecular weight excluding hydrogens is 320 g/mol. The largest absolute Gasteiger partial charge is 0.511 e. The van der Waals surface area contributed by atoms with E-state index in [9.17, 15) is 9.90 Å². The molecule has 3 heteroatoms. The average molecular weight is 337 g/mol. The summed E-state index contributed by atoms with van der Waals surface area (Å²) in [5, 5.41) is 11.1. The van der Waals surface area contributed by atoms with Crippen LogP contribution in [0.1, 0.15) is 24.0 Å². The fourth-order valence-corrected chi connectivity index (χ4v) is 3.21. The quantitative estimate of drug-likeness (QED) is 0.782. The predicted molar refractivity (Wildman–Crippen MR) is 97.7 cm³/mol. The first-order valence-corrected chi connectivity index (χ1v) is 8.16. The minimum absolute atomic E-state index is 0.0518. The Morgan fingerprint density at radius 1 is 1.21 bits per heavy atom. The molecule has 0 fully saturated rings. The van der Waals surface area contributed by atoms with E-state index in [1.165, 1.54) is 0 Å². The van der Waals surface area contributed by atoms with E-state index in [1.807, 2.05) is 49.4 Å². The van der Waals surface area contributed by atoms with Gasteiger partial charge in [-0.25, -0.2) is 0 Å². The zero-order valence-corrected chi connectivity index (χ0v) is 14.1. The van der Waals surface area contributed by atoms with Crippen molar-refractivity contribution in [3.8, 4) is 23.5 Å². The molecule has 1 N–H and O–H groups in total. The van der Waals surface area contributed by atoms with E-state index in [0.717, 1.165) is 22.3 Å². The van der Waals surface area contributed by atoms with Crippen LogP contribution in [-0.2, 0) is 4.79 Å². The van der Waals surface area contributed by atoms with E-state index in [0.29, 0.717) is 17.0 Å². The fourth-order valence-electron chi connectivity index (χ4n) is 3.08. The van der Waals surface area contributed by atoms with Crippen LogP contribution in [-0.4, -0.2) is 10.9 Å². The number of terminal acetylenes is 1. The number of hydrogen-bond acceptors (Lipinski definition) is 2. The van der Waals surface area contributed by atoms with Crippen molar-refractivity contribution in [2.75, 3.05) is 0 Å². The maximum absolute atomic E-state index is 12.4. The second kappa shape index (κ2) is 6.55. The summed E-state index contributed by atoms with van der Waals surface area (Å²) in [5.41, 5.74) is 4.10. The summed E-state index contributed by atoms with van der Waals surface area (Å²) in [7, 11) is 0. The summed E-state index contributed by atoms with van der Waals surface area (Å²) < 4.78 is 0. The van der Waals surface area contributed by atoms with Gasteiger partial charge in [0.05, 0.1) is 5.57 Å². The molecule has 1 aliphatic rings. The Kier molecular flexibility index (Phi) is 4.46. The third-order valence-corrected chi connectivity index (χ3v) is 4.65. The molecule has 1 aliphatic carbocycles. The molecule has 24 heavy (non-hydrogen) atoms. The smallest absolute Gasteiger partial charge is 0.167 e. The number of rotatable bonds is 3. The summed E-state index contributed by atoms with van der Waals surface area (Å²) in [4.78, 5) is 12.4. The molecule has 0 aliphatic heterocycles. The Balaban J connectivity index is 2.08. The average Bonchev–Trinajstić information content (AvgIpc) is 2.84. The monoisotopic (exact) mass is 336 g/mol. The number of ketones is 1. The second-order valence-electron chi connectivity index (χ2n) is 6.03. The lowest BCUT2D eigenvalue weighted by atomic mass is 9.94. The van der Waals surface area contributed by atoms with Gasteiger partial charge in [-0.2, -0.15) is 0 Å². The molecule has 1 unspecified atom stereocenters. The fraction of sp³-hybridized carbons (Fsp3) is 0.190. The number of benzene rings is 2. The molecule has 0 spiro atoms. The lowest BCUT2D eigenvalue weighted by Gasteiger charge is -2.11. The van der Waals surface area contributed by atoms with Crippen molar-refractivity contribution in [1.29, 1.82) is 0 Å². The van der Waals surface area contributed by atoms with Crippen LogP contribution < -0.4 is 0 Å². The van der Waals surface area contributed by atoms with Crippen molar-refractivity contribution < 1.29 is 9.90 Å². The van der Waals surface area contributed by atoms with Crippen molar-refractivity contribution >= 4 is 23.0 Å². The SMILES string of the molecule is C#CCC1CC(=O)C(c2cc(-c3ccc(Cl)cc3)ccc2C)=C1O. The van der Waals surface area contributed by atoms with Crippen LogP contribution in [0.4, 0.5) is 0 Å². The second-order valence-corrected chi connectivity index (χ2v) is 6.47. The van der Waals surface area contributed by atoms with E-state index in [1.54, 1.807) is 0 Å². The van der Waals surface area contributed by atoms with Gasteiger partial charge in [0.2, 0.25) is 0 Å². The van der Waals surface area contributed by atoms with E-state index in [-0.39, 0.29) is 23.9 Å². The molecule has 1 atom stereocenters. The van der Waals surface area contributed by atoms with E-state index < -0.39 is 0 Å². The number of carbonyl (C=O) groups excluding carboxylic acids is 1. The van der Waals surface area contributed by atoms with Gasteiger partial charge in [0, 0.05) is 23.8 Å². The Hall–Kier alpha value is -2.50. The predicted octanol–water partition coefficient (Wildman–Crippen LogP) is 5.20. The van der Waals surface area contributed by atoms with Crippen LogP contribution >= 0.6 is 11.6 Å². The Morgan fingerprint density at radius 3 is 2.54 bits per heavy atom. The lowest BCUT2D eigenvalue weighted by Crippen LogP contribution is -1.99. The number of allylic oxidation sites excluding steroid dienone is 2. The molecule has 2 nitrogen and oxygen atoms in total. The van der Waals surface area contributed by atoms with Gasteiger partial charge in [0.15, 0.2) is 5.78 Å². The van der Waals surface area contributed by atoms with Crippen LogP contribution in [0.15, 0.2) is 48.2 Å². The van der Waals surface area contributed by atoms with Gasteiger partial charge in [-0.3, -0.25) is 4.79 Å². The highest BCUT2D eigenvalue weighted by Gasteiger charge is 2.33. The molecular formula is C21H17ClO2. The number of aliphatic hydroxyl groups excluding tert-OH is 1. The van der Waals surface area contributed by atoms with E-state index >= 15 is 0 Å². The first-order chi connectivity index (χ1) is 11.5. The van der Waals surface area contributed by atoms with Crippen molar-refractivity contribution in [2.24, 2.45) is 5.92 Å². The van der Waals surface area contributed by atoms with Crippen molar-refractivity contribution in [1.82, 2.24) is 0 Å². The van der Waals surface area contributed by atoms with Crippen molar-refractivity contribution in [2.45, 2.75) is 19.8 Å². The summed E-state index contributed by atoms with van der Waals surface area (Å²) in [6.07, 6.45) is 5.98. The molecule has 0 heterocycles. The molecule has 2 aromatic rings. The van der Waals surface area contributed by atoms with Gasteiger partial charge in [0.1, 0.15) is 5.76 Å². The number of carbonyl (C=O) groups is 1. The molecule has 2 aromatic carbocycles. The van der Waals surface area contributed by atoms with Gasteiger partial charge >= 0.3 is 0 Å². The van der Waals surface area contributed by atoms with Gasteiger partial charge in [0.25, 0.3) is 0 Å². The first-order valence-electron chi connectivity index (χ1n) is 7.78. The number of halogens is 1. The van der Waals surface area contributed by atoms with Crippen LogP contribution in [0.3, 0.4) is 0 Å². The highest BCUT2D eigenvalue weighted by Crippen LogP contribution is 2.38. The maximum Gasteiger partial charge on any atom is 0.167 e. The highest BCUT2D eigenvalue weighted by molar-refractivity contribution is 6.30. The number of hydrogen-bond donors (Lipinski definition) is 1. The summed E-state index contributed by atoms with van der Waals surface area (Å²) in [6, 6.07) is 13.4. The van der Waals surface area contributed by atoms with Crippen LogP contribution in [0, 0.1) is 25.2 Å².